The predicted molar refractivity (Wildman–Crippen MR) is 66.1 cm³/mol. The minimum absolute atomic E-state index is 0.0387. The smallest absolute Gasteiger partial charge is 0.255 e. The van der Waals surface area contributed by atoms with E-state index in [1.165, 1.54) is 4.90 Å². The SMILES string of the molecule is CC(C)Oc1cccc2c1CN(CC(N)=O)C2=O. The standard InChI is InChI=1S/C13H16N2O3/c1-8(2)18-11-5-3-4-9-10(11)6-15(13(9)17)7-12(14)16/h3-5,8H,6-7H2,1-2H3,(H2,14,16). The van der Waals surface area contributed by atoms with Gasteiger partial charge in [-0.2, -0.15) is 0 Å². The quantitative estimate of drug-likeness (QED) is 0.861. The molecule has 0 radical (unpaired) electrons. The van der Waals surface area contributed by atoms with Crippen molar-refractivity contribution in [2.75, 3.05) is 6.54 Å². The molecular formula is C13H16N2O3. The van der Waals surface area contributed by atoms with Gasteiger partial charge in [-0.05, 0) is 26.0 Å². The molecular weight excluding hydrogens is 232 g/mol. The predicted octanol–water partition coefficient (Wildman–Crippen LogP) is 0.915. The Kier molecular flexibility index (Phi) is 3.23. The van der Waals surface area contributed by atoms with Crippen molar-refractivity contribution in [1.29, 1.82) is 0 Å². The molecule has 1 aliphatic rings. The summed E-state index contributed by atoms with van der Waals surface area (Å²) in [6, 6.07) is 5.36. The van der Waals surface area contributed by atoms with Gasteiger partial charge in [0.15, 0.2) is 0 Å². The van der Waals surface area contributed by atoms with Crippen molar-refractivity contribution in [3.8, 4) is 5.75 Å². The van der Waals surface area contributed by atoms with E-state index >= 15 is 0 Å². The number of carbonyl (C=O) groups excluding carboxylic acids is 2. The van der Waals surface area contributed by atoms with Gasteiger partial charge in [-0.1, -0.05) is 6.07 Å². The van der Waals surface area contributed by atoms with E-state index in [1.54, 1.807) is 12.1 Å². The zero-order valence-electron chi connectivity index (χ0n) is 10.5. The Morgan fingerprint density at radius 3 is 2.83 bits per heavy atom. The minimum Gasteiger partial charge on any atom is -0.491 e. The normalized spacial score (nSPS) is 13.9. The number of hydrogen-bond donors (Lipinski definition) is 1. The molecule has 0 saturated carbocycles. The molecule has 0 spiro atoms. The van der Waals surface area contributed by atoms with Crippen LogP contribution in [0.25, 0.3) is 0 Å². The van der Waals surface area contributed by atoms with Crippen LogP contribution in [0.2, 0.25) is 0 Å². The van der Waals surface area contributed by atoms with Crippen molar-refractivity contribution < 1.29 is 14.3 Å². The van der Waals surface area contributed by atoms with Gasteiger partial charge < -0.3 is 15.4 Å². The molecule has 1 heterocycles. The van der Waals surface area contributed by atoms with E-state index in [1.807, 2.05) is 19.9 Å². The van der Waals surface area contributed by atoms with Crippen molar-refractivity contribution in [3.63, 3.8) is 0 Å². The first-order chi connectivity index (χ1) is 8.49. The summed E-state index contributed by atoms with van der Waals surface area (Å²) in [6.07, 6.45) is 0.0387. The van der Waals surface area contributed by atoms with E-state index < -0.39 is 5.91 Å². The Hall–Kier alpha value is -2.04. The lowest BCUT2D eigenvalue weighted by Gasteiger charge is -2.14. The molecule has 0 bridgehead atoms. The maximum absolute atomic E-state index is 12.0. The highest BCUT2D eigenvalue weighted by Gasteiger charge is 2.30. The Bertz CT molecular complexity index is 497. The van der Waals surface area contributed by atoms with Crippen LogP contribution in [0.4, 0.5) is 0 Å². The van der Waals surface area contributed by atoms with Gasteiger partial charge in [-0.25, -0.2) is 0 Å². The lowest BCUT2D eigenvalue weighted by Crippen LogP contribution is -2.33. The fraction of sp³-hybridized carbons (Fsp3) is 0.385. The summed E-state index contributed by atoms with van der Waals surface area (Å²) in [5, 5.41) is 0. The largest absolute Gasteiger partial charge is 0.491 e. The number of carbonyl (C=O) groups is 2. The highest BCUT2D eigenvalue weighted by Crippen LogP contribution is 2.31. The Balaban J connectivity index is 2.29. The van der Waals surface area contributed by atoms with Crippen LogP contribution in [0.1, 0.15) is 29.8 Å². The summed E-state index contributed by atoms with van der Waals surface area (Å²) in [4.78, 5) is 24.4. The van der Waals surface area contributed by atoms with Gasteiger partial charge in [0, 0.05) is 11.1 Å². The third-order valence-corrected chi connectivity index (χ3v) is 2.71. The summed E-state index contributed by atoms with van der Waals surface area (Å²) in [5.41, 5.74) is 6.55. The number of rotatable bonds is 4. The summed E-state index contributed by atoms with van der Waals surface area (Å²) in [6.45, 7) is 4.17. The Morgan fingerprint density at radius 1 is 1.50 bits per heavy atom. The van der Waals surface area contributed by atoms with Crippen LogP contribution in [0.3, 0.4) is 0 Å². The first-order valence-corrected chi connectivity index (χ1v) is 5.85. The van der Waals surface area contributed by atoms with E-state index in [4.69, 9.17) is 10.5 Å². The topological polar surface area (TPSA) is 72.6 Å². The maximum atomic E-state index is 12.0. The number of nitrogens with zero attached hydrogens (tertiary/aromatic N) is 1. The third-order valence-electron chi connectivity index (χ3n) is 2.71. The maximum Gasteiger partial charge on any atom is 0.255 e. The average molecular weight is 248 g/mol. The van der Waals surface area contributed by atoms with Crippen molar-refractivity contribution in [1.82, 2.24) is 4.90 Å². The van der Waals surface area contributed by atoms with Crippen LogP contribution in [0.15, 0.2) is 18.2 Å². The van der Waals surface area contributed by atoms with Gasteiger partial charge >= 0.3 is 0 Å². The number of ether oxygens (including phenoxy) is 1. The van der Waals surface area contributed by atoms with Crippen molar-refractivity contribution in [3.05, 3.63) is 29.3 Å². The zero-order chi connectivity index (χ0) is 13.3. The lowest BCUT2D eigenvalue weighted by atomic mass is 10.1. The van der Waals surface area contributed by atoms with Crippen LogP contribution in [0, 0.1) is 0 Å². The van der Waals surface area contributed by atoms with Crippen molar-refractivity contribution >= 4 is 11.8 Å². The number of primary amides is 1. The molecule has 5 nitrogen and oxygen atoms in total. The van der Waals surface area contributed by atoms with Gasteiger partial charge in [0.2, 0.25) is 5.91 Å². The van der Waals surface area contributed by atoms with Crippen LogP contribution in [-0.4, -0.2) is 29.4 Å². The molecule has 5 heteroatoms. The molecule has 0 aromatic heterocycles. The fourth-order valence-corrected chi connectivity index (χ4v) is 2.04. The Morgan fingerprint density at radius 2 is 2.22 bits per heavy atom. The molecule has 96 valence electrons. The third kappa shape index (κ3) is 2.30. The Labute approximate surface area is 106 Å². The second kappa shape index (κ2) is 4.68. The van der Waals surface area contributed by atoms with Crippen LogP contribution in [0.5, 0.6) is 5.75 Å². The summed E-state index contributed by atoms with van der Waals surface area (Å²) in [7, 11) is 0. The van der Waals surface area contributed by atoms with Gasteiger partial charge in [0.25, 0.3) is 5.91 Å². The van der Waals surface area contributed by atoms with E-state index in [0.29, 0.717) is 17.9 Å². The fourth-order valence-electron chi connectivity index (χ4n) is 2.04. The van der Waals surface area contributed by atoms with Gasteiger partial charge in [0.1, 0.15) is 5.75 Å². The number of amides is 2. The van der Waals surface area contributed by atoms with E-state index in [9.17, 15) is 9.59 Å². The number of benzene rings is 1. The van der Waals surface area contributed by atoms with E-state index in [-0.39, 0.29) is 18.6 Å². The molecule has 2 amide bonds. The molecule has 0 unspecified atom stereocenters. The van der Waals surface area contributed by atoms with Gasteiger partial charge in [-0.3, -0.25) is 9.59 Å². The molecule has 1 aromatic rings. The van der Waals surface area contributed by atoms with Crippen LogP contribution in [-0.2, 0) is 11.3 Å². The molecule has 18 heavy (non-hydrogen) atoms. The molecule has 2 rings (SSSR count). The second-order valence-corrected chi connectivity index (χ2v) is 4.58. The van der Waals surface area contributed by atoms with Crippen LogP contribution < -0.4 is 10.5 Å². The molecule has 2 N–H and O–H groups in total. The molecule has 0 fully saturated rings. The second-order valence-electron chi connectivity index (χ2n) is 4.58. The van der Waals surface area contributed by atoms with Gasteiger partial charge in [-0.15, -0.1) is 0 Å². The number of fused-ring (bicyclic) bond motifs is 1. The van der Waals surface area contributed by atoms with Gasteiger partial charge in [0.05, 0.1) is 19.2 Å². The monoisotopic (exact) mass is 248 g/mol. The number of hydrogen-bond acceptors (Lipinski definition) is 3. The molecule has 0 atom stereocenters. The molecule has 1 aromatic carbocycles. The molecule has 0 saturated heterocycles. The number of nitrogens with two attached hydrogens (primary N) is 1. The summed E-state index contributed by atoms with van der Waals surface area (Å²) < 4.78 is 5.66. The summed E-state index contributed by atoms with van der Waals surface area (Å²) >= 11 is 0. The first-order valence-electron chi connectivity index (χ1n) is 5.85. The van der Waals surface area contributed by atoms with Crippen LogP contribution >= 0.6 is 0 Å². The van der Waals surface area contributed by atoms with Crippen molar-refractivity contribution in [2.24, 2.45) is 5.73 Å². The molecule has 0 aliphatic carbocycles. The van der Waals surface area contributed by atoms with E-state index in [2.05, 4.69) is 0 Å². The minimum atomic E-state index is -0.512. The van der Waals surface area contributed by atoms with E-state index in [0.717, 1.165) is 5.56 Å². The zero-order valence-corrected chi connectivity index (χ0v) is 10.5. The van der Waals surface area contributed by atoms with Crippen molar-refractivity contribution in [2.45, 2.75) is 26.5 Å². The first kappa shape index (κ1) is 12.4. The summed E-state index contributed by atoms with van der Waals surface area (Å²) in [5.74, 6) is 0.0170. The molecule has 1 aliphatic heterocycles. The lowest BCUT2D eigenvalue weighted by molar-refractivity contribution is -0.118. The highest BCUT2D eigenvalue weighted by atomic mass is 16.5. The average Bonchev–Trinajstić information content (AvgIpc) is 2.57. The highest BCUT2D eigenvalue weighted by molar-refractivity contribution is 6.00.